The quantitative estimate of drug-likeness (QED) is 0.0259. The molecule has 0 aliphatic heterocycles. The average molecular weight is 886 g/mol. The average Bonchev–Trinajstić information content (AvgIpc) is 3.24. The Balaban J connectivity index is 4.24. The van der Waals surface area contributed by atoms with Crippen LogP contribution in [-0.4, -0.2) is 75.5 Å². The van der Waals surface area contributed by atoms with Gasteiger partial charge < -0.3 is 28.6 Å². The second-order valence-electron chi connectivity index (χ2n) is 18.7. The first kappa shape index (κ1) is 60.3. The number of hydrogen-bond acceptors (Lipinski definition) is 7. The van der Waals surface area contributed by atoms with Crippen molar-refractivity contribution >= 4 is 17.9 Å². The normalized spacial score (nSPS) is 13.2. The van der Waals surface area contributed by atoms with Crippen molar-refractivity contribution in [2.45, 2.75) is 244 Å². The number of likely N-dealkylation sites (N-methyl/N-ethyl adjacent to an activating group) is 1. The molecule has 0 bridgehead atoms. The van der Waals surface area contributed by atoms with Gasteiger partial charge in [0.2, 0.25) is 0 Å². The number of carboxylic acid groups (broad SMARTS) is 1. The lowest BCUT2D eigenvalue weighted by atomic mass is 10.0. The van der Waals surface area contributed by atoms with Crippen molar-refractivity contribution in [3.8, 4) is 0 Å². The van der Waals surface area contributed by atoms with Gasteiger partial charge in [-0.1, -0.05) is 191 Å². The third-order valence-electron chi connectivity index (χ3n) is 11.7. The third kappa shape index (κ3) is 44.3. The van der Waals surface area contributed by atoms with Gasteiger partial charge in [0.1, 0.15) is 12.6 Å². The van der Waals surface area contributed by atoms with Gasteiger partial charge in [-0.3, -0.25) is 9.59 Å². The van der Waals surface area contributed by atoms with Crippen LogP contribution >= 0.6 is 0 Å². The van der Waals surface area contributed by atoms with Crippen molar-refractivity contribution in [2.75, 3.05) is 41.0 Å². The smallest absolute Gasteiger partial charge is 0.306 e. The number of hydrogen-bond donors (Lipinski definition) is 0. The summed E-state index contributed by atoms with van der Waals surface area (Å²) in [6.07, 6.45) is 55.7. The first-order valence-electron chi connectivity index (χ1n) is 26.2. The van der Waals surface area contributed by atoms with Gasteiger partial charge in [0.25, 0.3) is 0 Å². The van der Waals surface area contributed by atoms with Crippen LogP contribution in [0.5, 0.6) is 0 Å². The number of aliphatic carboxylic acids is 1. The van der Waals surface area contributed by atoms with E-state index in [1.165, 1.54) is 128 Å². The molecular weight excluding hydrogens is 787 g/mol. The highest BCUT2D eigenvalue weighted by Crippen LogP contribution is 2.15. The second-order valence-corrected chi connectivity index (χ2v) is 18.7. The third-order valence-corrected chi connectivity index (χ3v) is 11.7. The van der Waals surface area contributed by atoms with Crippen LogP contribution in [0.3, 0.4) is 0 Å². The highest BCUT2D eigenvalue weighted by Gasteiger charge is 2.25. The van der Waals surface area contributed by atoms with Crippen LogP contribution in [0.4, 0.5) is 0 Å². The van der Waals surface area contributed by atoms with Gasteiger partial charge in [-0.05, 0) is 70.6 Å². The SMILES string of the molecule is CC/C=C/C/C=C/C/C=C/CCCCCCCCCCCCCC(=O)OC(COCCC(C(=O)[O-])[N+](C)(C)C)COC(=O)CCCCCCC/C=C/CCCCCCCCCCC. The van der Waals surface area contributed by atoms with Gasteiger partial charge in [0.15, 0.2) is 6.10 Å². The molecule has 8 heteroatoms. The number of rotatable bonds is 47. The lowest BCUT2D eigenvalue weighted by Crippen LogP contribution is -2.55. The zero-order valence-electron chi connectivity index (χ0n) is 41.7. The van der Waals surface area contributed by atoms with Crippen molar-refractivity contribution in [3.05, 3.63) is 48.6 Å². The molecule has 2 unspecified atom stereocenters. The summed E-state index contributed by atoms with van der Waals surface area (Å²) >= 11 is 0. The number of nitrogens with zero attached hydrogens (tertiary/aromatic N) is 1. The maximum atomic E-state index is 12.8. The van der Waals surface area contributed by atoms with E-state index in [0.717, 1.165) is 70.6 Å². The molecule has 0 fully saturated rings. The Hall–Kier alpha value is -2.71. The molecule has 0 aromatic rings. The number of ether oxygens (including phenoxy) is 3. The van der Waals surface area contributed by atoms with E-state index in [1.807, 2.05) is 0 Å². The van der Waals surface area contributed by atoms with Gasteiger partial charge >= 0.3 is 11.9 Å². The lowest BCUT2D eigenvalue weighted by molar-refractivity contribution is -0.889. The van der Waals surface area contributed by atoms with Crippen molar-refractivity contribution in [1.82, 2.24) is 0 Å². The van der Waals surface area contributed by atoms with Crippen molar-refractivity contribution in [2.24, 2.45) is 0 Å². The topological polar surface area (TPSA) is 102 Å². The van der Waals surface area contributed by atoms with E-state index in [9.17, 15) is 19.5 Å². The minimum absolute atomic E-state index is 0.0378. The number of quaternary nitrogens is 1. The van der Waals surface area contributed by atoms with Gasteiger partial charge in [-0.2, -0.15) is 0 Å². The van der Waals surface area contributed by atoms with Crippen LogP contribution in [-0.2, 0) is 28.6 Å². The summed E-state index contributed by atoms with van der Waals surface area (Å²) in [5.41, 5.74) is 0. The molecule has 0 aromatic carbocycles. The van der Waals surface area contributed by atoms with Gasteiger partial charge in [-0.15, -0.1) is 0 Å². The first-order valence-corrected chi connectivity index (χ1v) is 26.2. The summed E-state index contributed by atoms with van der Waals surface area (Å²) in [5, 5.41) is 11.7. The molecule has 0 saturated heterocycles. The fourth-order valence-corrected chi connectivity index (χ4v) is 7.67. The monoisotopic (exact) mass is 886 g/mol. The minimum atomic E-state index is -1.13. The van der Waals surface area contributed by atoms with Gasteiger partial charge in [-0.25, -0.2) is 0 Å². The summed E-state index contributed by atoms with van der Waals surface area (Å²) in [6.45, 7) is 4.57. The number of unbranched alkanes of at least 4 members (excludes halogenated alkanes) is 25. The van der Waals surface area contributed by atoms with Crippen LogP contribution in [0, 0.1) is 0 Å². The molecule has 0 amide bonds. The van der Waals surface area contributed by atoms with E-state index >= 15 is 0 Å². The predicted octanol–water partition coefficient (Wildman–Crippen LogP) is 13.8. The molecular formula is C55H99NO7. The molecule has 8 nitrogen and oxygen atoms in total. The lowest BCUT2D eigenvalue weighted by Gasteiger charge is -2.34. The molecule has 0 N–H and O–H groups in total. The Morgan fingerprint density at radius 2 is 0.889 bits per heavy atom. The summed E-state index contributed by atoms with van der Waals surface area (Å²) in [5.74, 6) is -1.74. The predicted molar refractivity (Wildman–Crippen MR) is 263 cm³/mol. The molecule has 63 heavy (non-hydrogen) atoms. The fourth-order valence-electron chi connectivity index (χ4n) is 7.67. The molecule has 0 heterocycles. The number of esters is 2. The van der Waals surface area contributed by atoms with Crippen LogP contribution in [0.15, 0.2) is 48.6 Å². The van der Waals surface area contributed by atoms with E-state index in [-0.39, 0.29) is 42.7 Å². The highest BCUT2D eigenvalue weighted by molar-refractivity contribution is 5.70. The number of carbonyl (C=O) groups is 3. The molecule has 0 aliphatic rings. The Labute approximate surface area is 388 Å². The van der Waals surface area contributed by atoms with Crippen LogP contribution < -0.4 is 5.11 Å². The zero-order valence-corrected chi connectivity index (χ0v) is 41.7. The second kappa shape index (κ2) is 45.8. The summed E-state index contributed by atoms with van der Waals surface area (Å²) in [4.78, 5) is 37.1. The highest BCUT2D eigenvalue weighted by atomic mass is 16.6. The van der Waals surface area contributed by atoms with E-state index in [4.69, 9.17) is 14.2 Å². The van der Waals surface area contributed by atoms with Crippen molar-refractivity contribution < 1.29 is 38.2 Å². The Morgan fingerprint density at radius 3 is 1.33 bits per heavy atom. The van der Waals surface area contributed by atoms with Gasteiger partial charge in [0.05, 0.1) is 40.3 Å². The van der Waals surface area contributed by atoms with Crippen molar-refractivity contribution in [1.29, 1.82) is 0 Å². The van der Waals surface area contributed by atoms with E-state index in [2.05, 4.69) is 62.5 Å². The fraction of sp³-hybridized carbons (Fsp3) is 0.800. The van der Waals surface area contributed by atoms with Crippen LogP contribution in [0.25, 0.3) is 0 Å². The van der Waals surface area contributed by atoms with Crippen LogP contribution in [0.1, 0.15) is 232 Å². The zero-order chi connectivity index (χ0) is 46.3. The number of allylic oxidation sites excluding steroid dienone is 8. The molecule has 0 spiro atoms. The van der Waals surface area contributed by atoms with E-state index in [1.54, 1.807) is 21.1 Å². The Kier molecular flexibility index (Phi) is 43.9. The largest absolute Gasteiger partial charge is 0.544 e. The minimum Gasteiger partial charge on any atom is -0.544 e. The molecule has 0 rings (SSSR count). The van der Waals surface area contributed by atoms with Gasteiger partial charge in [0, 0.05) is 19.3 Å². The van der Waals surface area contributed by atoms with E-state index < -0.39 is 18.1 Å². The van der Waals surface area contributed by atoms with Crippen LogP contribution in [0.2, 0.25) is 0 Å². The molecule has 0 radical (unpaired) electrons. The maximum absolute atomic E-state index is 12.8. The molecule has 2 atom stereocenters. The Bertz CT molecular complexity index is 1170. The first-order chi connectivity index (χ1) is 30.6. The van der Waals surface area contributed by atoms with Crippen molar-refractivity contribution in [3.63, 3.8) is 0 Å². The van der Waals surface area contributed by atoms with E-state index in [0.29, 0.717) is 12.8 Å². The standard InChI is InChI=1S/C55H99NO7/c1-6-8-10-12-14-16-18-20-22-24-26-27-28-30-32-34-36-38-40-42-44-46-54(58)63-51(49-61-48-47-52(55(59)60)56(3,4)5)50-62-53(57)45-43-41-39-37-35-33-31-29-25-23-21-19-17-15-13-11-9-7-2/h8,10,14,16,20,22,29,31,51-52H,6-7,9,11-13,15,17-19,21,23-28,30,32-50H2,1-5H3/b10-8+,16-14+,22-20+,31-29+. The molecule has 0 saturated carbocycles. The number of carbonyl (C=O) groups excluding carboxylic acids is 3. The molecule has 0 aromatic heterocycles. The number of carboxylic acids is 1. The molecule has 366 valence electrons. The maximum Gasteiger partial charge on any atom is 0.306 e. The molecule has 0 aliphatic carbocycles. The Morgan fingerprint density at radius 1 is 0.492 bits per heavy atom. The summed E-state index contributed by atoms with van der Waals surface area (Å²) < 4.78 is 17.3. The summed E-state index contributed by atoms with van der Waals surface area (Å²) in [7, 11) is 5.42. The summed E-state index contributed by atoms with van der Waals surface area (Å²) in [6, 6.07) is -0.728.